The average molecular weight is 439 g/mol. The van der Waals surface area contributed by atoms with Crippen LogP contribution >= 0.6 is 0 Å². The molecule has 0 aromatic rings. The van der Waals surface area contributed by atoms with Crippen LogP contribution < -0.4 is 0 Å². The van der Waals surface area contributed by atoms with Crippen LogP contribution in [-0.2, 0) is 19.1 Å². The summed E-state index contributed by atoms with van der Waals surface area (Å²) >= 11 is 0. The lowest BCUT2D eigenvalue weighted by Crippen LogP contribution is -2.44. The lowest BCUT2D eigenvalue weighted by molar-refractivity contribution is -0.142. The summed E-state index contributed by atoms with van der Waals surface area (Å²) < 4.78 is 5.58. The molecule has 0 aliphatic heterocycles. The van der Waals surface area contributed by atoms with Gasteiger partial charge in [-0.25, -0.2) is 0 Å². The SMILES string of the molecule is C=C1CC/C=C(/COC(=O)CCC2=C(C)C(=O)C=C(C(C)C)C2=O)CC[C@@H]2[C@@H]1CC2(C)C. The molecule has 0 unspecified atom stereocenters. The van der Waals surface area contributed by atoms with Crippen LogP contribution in [0.15, 0.2) is 46.6 Å². The van der Waals surface area contributed by atoms with Gasteiger partial charge in [0.05, 0.1) is 0 Å². The van der Waals surface area contributed by atoms with Gasteiger partial charge in [0.25, 0.3) is 0 Å². The summed E-state index contributed by atoms with van der Waals surface area (Å²) in [7, 11) is 0. The number of Topliss-reactive ketones (excluding diaryl/α,β-unsaturated/α-hetero) is 1. The first-order chi connectivity index (χ1) is 15.0. The molecule has 1 fully saturated rings. The number of ether oxygens (including phenoxy) is 1. The highest BCUT2D eigenvalue weighted by molar-refractivity contribution is 6.22. The standard InChI is InChI=1S/C28H38O4/c1-17(2)22-14-25(29)19(4)21(27(22)31)11-13-26(30)32-16-20-9-7-8-18(3)23-15-28(5,6)24(23)12-10-20/h9,14,17,23-24H,3,7-8,10-13,15-16H2,1-2,4-6H3/b20-9+/t23-,24-/m1/s1. The molecule has 4 heteroatoms. The number of esters is 1. The van der Waals surface area contributed by atoms with Gasteiger partial charge >= 0.3 is 5.97 Å². The number of ketones is 2. The fourth-order valence-corrected chi connectivity index (χ4v) is 5.50. The largest absolute Gasteiger partial charge is 0.461 e. The van der Waals surface area contributed by atoms with E-state index in [0.717, 1.165) is 25.7 Å². The minimum absolute atomic E-state index is 0.0202. The Bertz CT molecular complexity index is 910. The molecule has 3 aliphatic carbocycles. The lowest BCUT2D eigenvalue weighted by atomic mass is 9.52. The van der Waals surface area contributed by atoms with Crippen molar-refractivity contribution in [1.82, 2.24) is 0 Å². The van der Waals surface area contributed by atoms with E-state index in [1.165, 1.54) is 23.6 Å². The number of carbonyl (C=O) groups excluding carboxylic acids is 3. The highest BCUT2D eigenvalue weighted by atomic mass is 16.5. The van der Waals surface area contributed by atoms with Crippen molar-refractivity contribution in [2.24, 2.45) is 23.2 Å². The van der Waals surface area contributed by atoms with Crippen LogP contribution in [0.2, 0.25) is 0 Å². The Balaban J connectivity index is 1.54. The van der Waals surface area contributed by atoms with Gasteiger partial charge in [-0.05, 0) is 80.3 Å². The Kier molecular flexibility index (Phi) is 7.42. The molecule has 0 radical (unpaired) electrons. The third-order valence-electron chi connectivity index (χ3n) is 7.70. The van der Waals surface area contributed by atoms with Crippen LogP contribution in [0.5, 0.6) is 0 Å². The first-order valence-corrected chi connectivity index (χ1v) is 12.0. The van der Waals surface area contributed by atoms with E-state index in [1.54, 1.807) is 6.92 Å². The molecule has 3 rings (SSSR count). The van der Waals surface area contributed by atoms with E-state index in [4.69, 9.17) is 4.74 Å². The molecule has 2 atom stereocenters. The van der Waals surface area contributed by atoms with Gasteiger partial charge in [-0.15, -0.1) is 0 Å². The second-order valence-electron chi connectivity index (χ2n) is 10.7. The fraction of sp³-hybridized carbons (Fsp3) is 0.607. The van der Waals surface area contributed by atoms with E-state index in [2.05, 4.69) is 26.5 Å². The third kappa shape index (κ3) is 5.22. The zero-order chi connectivity index (χ0) is 23.6. The van der Waals surface area contributed by atoms with E-state index >= 15 is 0 Å². The normalized spacial score (nSPS) is 27.5. The van der Waals surface area contributed by atoms with Crippen LogP contribution in [0.25, 0.3) is 0 Å². The summed E-state index contributed by atoms with van der Waals surface area (Å²) in [6, 6.07) is 0. The predicted molar refractivity (Wildman–Crippen MR) is 127 cm³/mol. The van der Waals surface area contributed by atoms with Crippen LogP contribution in [0.3, 0.4) is 0 Å². The Morgan fingerprint density at radius 1 is 1.25 bits per heavy atom. The second kappa shape index (κ2) is 9.72. The minimum atomic E-state index is -0.321. The van der Waals surface area contributed by atoms with E-state index in [0.29, 0.717) is 40.6 Å². The Labute approximate surface area is 192 Å². The van der Waals surface area contributed by atoms with Crippen molar-refractivity contribution in [3.05, 3.63) is 46.6 Å². The molecule has 174 valence electrons. The van der Waals surface area contributed by atoms with Crippen molar-refractivity contribution in [2.45, 2.75) is 79.6 Å². The Morgan fingerprint density at radius 3 is 2.62 bits per heavy atom. The van der Waals surface area contributed by atoms with Gasteiger partial charge in [0.2, 0.25) is 0 Å². The van der Waals surface area contributed by atoms with Gasteiger partial charge in [0, 0.05) is 23.1 Å². The highest BCUT2D eigenvalue weighted by Gasteiger charge is 2.47. The van der Waals surface area contributed by atoms with Gasteiger partial charge in [0.1, 0.15) is 6.61 Å². The van der Waals surface area contributed by atoms with Crippen molar-refractivity contribution in [1.29, 1.82) is 0 Å². The van der Waals surface area contributed by atoms with E-state index in [9.17, 15) is 14.4 Å². The van der Waals surface area contributed by atoms with Crippen molar-refractivity contribution in [3.8, 4) is 0 Å². The summed E-state index contributed by atoms with van der Waals surface area (Å²) in [4.78, 5) is 37.4. The number of rotatable bonds is 6. The second-order valence-corrected chi connectivity index (χ2v) is 10.7. The van der Waals surface area contributed by atoms with Gasteiger partial charge in [0.15, 0.2) is 11.6 Å². The van der Waals surface area contributed by atoms with E-state index in [1.807, 2.05) is 13.8 Å². The van der Waals surface area contributed by atoms with Crippen LogP contribution in [0.4, 0.5) is 0 Å². The van der Waals surface area contributed by atoms with E-state index < -0.39 is 0 Å². The zero-order valence-corrected chi connectivity index (χ0v) is 20.4. The first-order valence-electron chi connectivity index (χ1n) is 12.0. The molecule has 0 bridgehead atoms. The molecular formula is C28H38O4. The van der Waals surface area contributed by atoms with Crippen molar-refractivity contribution >= 4 is 17.5 Å². The summed E-state index contributed by atoms with van der Waals surface area (Å²) in [5.41, 5.74) is 4.34. The quantitative estimate of drug-likeness (QED) is 0.286. The minimum Gasteiger partial charge on any atom is -0.461 e. The highest BCUT2D eigenvalue weighted by Crippen LogP contribution is 2.56. The molecule has 0 aromatic carbocycles. The van der Waals surface area contributed by atoms with Crippen LogP contribution in [-0.4, -0.2) is 24.1 Å². The molecule has 4 nitrogen and oxygen atoms in total. The van der Waals surface area contributed by atoms with Gasteiger partial charge in [-0.3, -0.25) is 14.4 Å². The molecule has 0 amide bonds. The first kappa shape index (κ1) is 24.4. The fourth-order valence-electron chi connectivity index (χ4n) is 5.50. The maximum absolute atomic E-state index is 12.7. The number of allylic oxidation sites excluding steroid dienone is 6. The molecule has 0 spiro atoms. The smallest absolute Gasteiger partial charge is 0.306 e. The van der Waals surface area contributed by atoms with Gasteiger partial charge in [-0.1, -0.05) is 45.9 Å². The maximum atomic E-state index is 12.7. The van der Waals surface area contributed by atoms with E-state index in [-0.39, 0.29) is 36.3 Å². The van der Waals surface area contributed by atoms with Gasteiger partial charge in [-0.2, -0.15) is 0 Å². The van der Waals surface area contributed by atoms with Gasteiger partial charge < -0.3 is 4.74 Å². The summed E-state index contributed by atoms with van der Waals surface area (Å²) in [6.45, 7) is 14.8. The summed E-state index contributed by atoms with van der Waals surface area (Å²) in [5, 5.41) is 0. The molecule has 32 heavy (non-hydrogen) atoms. The van der Waals surface area contributed by atoms with Crippen molar-refractivity contribution in [3.63, 3.8) is 0 Å². The topological polar surface area (TPSA) is 60.4 Å². The molecular weight excluding hydrogens is 400 g/mol. The molecule has 0 heterocycles. The summed E-state index contributed by atoms with van der Waals surface area (Å²) in [5.74, 6) is 0.705. The molecule has 0 saturated heterocycles. The zero-order valence-electron chi connectivity index (χ0n) is 20.4. The number of fused-ring (bicyclic) bond motifs is 1. The number of carbonyl (C=O) groups is 3. The maximum Gasteiger partial charge on any atom is 0.306 e. The Morgan fingerprint density at radius 2 is 1.97 bits per heavy atom. The molecule has 0 N–H and O–H groups in total. The molecule has 0 aromatic heterocycles. The predicted octanol–water partition coefficient (Wildman–Crippen LogP) is 6.08. The van der Waals surface area contributed by atoms with Crippen LogP contribution in [0, 0.1) is 23.2 Å². The third-order valence-corrected chi connectivity index (χ3v) is 7.70. The summed E-state index contributed by atoms with van der Waals surface area (Å²) in [6.07, 6.45) is 9.24. The number of hydrogen-bond donors (Lipinski definition) is 0. The monoisotopic (exact) mass is 438 g/mol. The average Bonchev–Trinajstić information content (AvgIpc) is 2.77. The lowest BCUT2D eigenvalue weighted by Gasteiger charge is -2.53. The van der Waals surface area contributed by atoms with Crippen molar-refractivity contribution in [2.75, 3.05) is 6.61 Å². The molecule has 1 saturated carbocycles. The van der Waals surface area contributed by atoms with Crippen LogP contribution in [0.1, 0.15) is 79.6 Å². The molecule has 3 aliphatic rings. The number of hydrogen-bond acceptors (Lipinski definition) is 4. The Hall–Kier alpha value is -2.23. The van der Waals surface area contributed by atoms with Crippen molar-refractivity contribution < 1.29 is 19.1 Å².